The lowest BCUT2D eigenvalue weighted by molar-refractivity contribution is 0.429. The monoisotopic (exact) mass is 756 g/mol. The lowest BCUT2D eigenvalue weighted by Gasteiger charge is -2.19. The lowest BCUT2D eigenvalue weighted by atomic mass is 9.87. The molecule has 1 aromatic heterocycles. The number of nitrogens with one attached hydrogen (secondary N) is 1. The molecule has 7 heteroatoms. The van der Waals surface area contributed by atoms with E-state index in [9.17, 15) is 0 Å². The summed E-state index contributed by atoms with van der Waals surface area (Å²) in [5.74, 6) is 4.24. The Morgan fingerprint density at radius 3 is 1.47 bits per heavy atom. The minimum absolute atomic E-state index is 0.00502. The topological polar surface area (TPSA) is 65.1 Å². The molecule has 0 aliphatic carbocycles. The summed E-state index contributed by atoms with van der Waals surface area (Å²) in [5.41, 5.74) is 7.71. The molecule has 0 saturated carbocycles. The second-order valence-electron chi connectivity index (χ2n) is 17.5. The molecule has 4 aromatic carbocycles. The molecule has 0 amide bonds. The summed E-state index contributed by atoms with van der Waals surface area (Å²) >= 11 is 6.89. The van der Waals surface area contributed by atoms with Gasteiger partial charge < -0.3 is 23.9 Å². The molecule has 1 N–H and O–H groups in total. The highest BCUT2D eigenvalue weighted by atomic mass is 35.5. The van der Waals surface area contributed by atoms with Gasteiger partial charge in [0.25, 0.3) is 0 Å². The van der Waals surface area contributed by atoms with E-state index in [0.29, 0.717) is 62.7 Å². The number of H-pyrrole nitrogens is 1. The van der Waals surface area contributed by atoms with Gasteiger partial charge in [-0.3, -0.25) is 0 Å². The predicted molar refractivity (Wildman–Crippen MR) is 226 cm³/mol. The molecule has 0 unspecified atom stereocenters. The van der Waals surface area contributed by atoms with Crippen LogP contribution in [-0.4, -0.2) is 10.9 Å². The molecule has 2 heterocycles. The normalized spacial score (nSPS) is 14.3. The van der Waals surface area contributed by atoms with E-state index in [1.54, 1.807) is 12.1 Å². The fourth-order valence-corrected chi connectivity index (χ4v) is 6.57. The standard InChI is InChI=1S/C48H53ClN2O4/c1-29-25-30(2)43(31(3)26-29)55-44(39-27-38(49)45(50-39)54-37-23-17-34(18-24-37)48(10,11)12)42-40(52-35-19-13-32(14-20-35)46(4,5)6)28-41(51-42)53-36-21-15-33(16-22-36)47(7,8)9/h13-28,50H,1-12H3/b44-42+. The van der Waals surface area contributed by atoms with E-state index < -0.39 is 0 Å². The van der Waals surface area contributed by atoms with Crippen molar-refractivity contribution in [3.63, 3.8) is 0 Å². The second kappa shape index (κ2) is 15.1. The minimum Gasteiger partial charge on any atom is -0.455 e. The van der Waals surface area contributed by atoms with Crippen LogP contribution in [0.3, 0.4) is 0 Å². The summed E-state index contributed by atoms with van der Waals surface area (Å²) in [6.45, 7) is 25.8. The summed E-state index contributed by atoms with van der Waals surface area (Å²) in [4.78, 5) is 8.41. The molecule has 5 aromatic rings. The van der Waals surface area contributed by atoms with Crippen molar-refractivity contribution in [2.45, 2.75) is 99.3 Å². The molecule has 1 aliphatic rings. The summed E-state index contributed by atoms with van der Waals surface area (Å²) in [7, 11) is 0. The van der Waals surface area contributed by atoms with Gasteiger partial charge in [0.15, 0.2) is 17.2 Å². The second-order valence-corrected chi connectivity index (χ2v) is 17.9. The zero-order chi connectivity index (χ0) is 39.9. The van der Waals surface area contributed by atoms with E-state index in [2.05, 4.69) is 123 Å². The maximum atomic E-state index is 6.91. The van der Waals surface area contributed by atoms with Gasteiger partial charge in [-0.25, -0.2) is 4.99 Å². The third kappa shape index (κ3) is 9.37. The Hall–Kier alpha value is -5.20. The number of aryl methyl sites for hydroxylation is 3. The number of aromatic amines is 1. The molecule has 1 aliphatic heterocycles. The van der Waals surface area contributed by atoms with Crippen LogP contribution in [-0.2, 0) is 16.2 Å². The third-order valence-corrected chi connectivity index (χ3v) is 9.83. The van der Waals surface area contributed by atoms with Crippen LogP contribution in [0.2, 0.25) is 5.02 Å². The first-order valence-electron chi connectivity index (χ1n) is 18.8. The van der Waals surface area contributed by atoms with E-state index in [1.165, 1.54) is 16.7 Å². The zero-order valence-corrected chi connectivity index (χ0v) is 35.0. The number of halogens is 1. The number of rotatable bonds is 8. The molecule has 0 fully saturated rings. The van der Waals surface area contributed by atoms with Crippen molar-refractivity contribution in [3.05, 3.63) is 153 Å². The van der Waals surface area contributed by atoms with Crippen LogP contribution in [0, 0.1) is 20.8 Å². The average Bonchev–Trinajstić information content (AvgIpc) is 3.65. The number of aromatic nitrogens is 1. The Labute approximate surface area is 331 Å². The highest BCUT2D eigenvalue weighted by Crippen LogP contribution is 2.40. The number of hydrogen-bond acceptors (Lipinski definition) is 5. The lowest BCUT2D eigenvalue weighted by Crippen LogP contribution is -2.11. The van der Waals surface area contributed by atoms with Crippen LogP contribution in [0.5, 0.6) is 28.9 Å². The molecule has 6 rings (SSSR count). The molecular formula is C48H53ClN2O4. The van der Waals surface area contributed by atoms with Crippen molar-refractivity contribution in [1.82, 2.24) is 4.98 Å². The molecule has 0 atom stereocenters. The number of benzene rings is 4. The van der Waals surface area contributed by atoms with E-state index in [-0.39, 0.29) is 16.2 Å². The van der Waals surface area contributed by atoms with E-state index in [1.807, 2.05) is 50.2 Å². The highest BCUT2D eigenvalue weighted by Gasteiger charge is 2.29. The molecule has 0 bridgehead atoms. The van der Waals surface area contributed by atoms with Gasteiger partial charge >= 0.3 is 0 Å². The number of ether oxygens (including phenoxy) is 4. The summed E-state index contributed by atoms with van der Waals surface area (Å²) in [6.07, 6.45) is 1.79. The number of hydrogen-bond donors (Lipinski definition) is 1. The van der Waals surface area contributed by atoms with Crippen molar-refractivity contribution >= 4 is 23.3 Å². The van der Waals surface area contributed by atoms with E-state index in [4.69, 9.17) is 35.5 Å². The smallest absolute Gasteiger partial charge is 0.223 e. The van der Waals surface area contributed by atoms with Gasteiger partial charge in [0.2, 0.25) is 11.8 Å². The summed E-state index contributed by atoms with van der Waals surface area (Å²) in [5, 5.41) is 0.385. The quantitative estimate of drug-likeness (QED) is 0.160. The molecule has 0 spiro atoms. The van der Waals surface area contributed by atoms with Crippen LogP contribution >= 0.6 is 11.6 Å². The van der Waals surface area contributed by atoms with Gasteiger partial charge in [0, 0.05) is 6.08 Å². The fraction of sp³-hybridized carbons (Fsp3) is 0.312. The summed E-state index contributed by atoms with van der Waals surface area (Å²) in [6, 6.07) is 30.2. The van der Waals surface area contributed by atoms with E-state index in [0.717, 1.165) is 16.7 Å². The van der Waals surface area contributed by atoms with Crippen LogP contribution in [0.1, 0.15) is 101 Å². The average molecular weight is 757 g/mol. The van der Waals surface area contributed by atoms with Gasteiger partial charge in [-0.1, -0.05) is 128 Å². The summed E-state index contributed by atoms with van der Waals surface area (Å²) < 4.78 is 26.2. The largest absolute Gasteiger partial charge is 0.455 e. The first-order valence-corrected chi connectivity index (χ1v) is 19.2. The molecule has 286 valence electrons. The van der Waals surface area contributed by atoms with Gasteiger partial charge in [-0.15, -0.1) is 0 Å². The van der Waals surface area contributed by atoms with Crippen LogP contribution < -0.4 is 18.9 Å². The predicted octanol–water partition coefficient (Wildman–Crippen LogP) is 13.5. The van der Waals surface area contributed by atoms with Crippen LogP contribution in [0.15, 0.2) is 114 Å². The Morgan fingerprint density at radius 2 is 1.02 bits per heavy atom. The van der Waals surface area contributed by atoms with E-state index >= 15 is 0 Å². The fourth-order valence-electron chi connectivity index (χ4n) is 6.37. The van der Waals surface area contributed by atoms with Crippen LogP contribution in [0.4, 0.5) is 0 Å². The van der Waals surface area contributed by atoms with Crippen molar-refractivity contribution in [1.29, 1.82) is 0 Å². The number of aliphatic imine (C=N–C) groups is 1. The van der Waals surface area contributed by atoms with Crippen LogP contribution in [0.25, 0.3) is 5.76 Å². The van der Waals surface area contributed by atoms with Crippen molar-refractivity contribution in [2.24, 2.45) is 4.99 Å². The maximum absolute atomic E-state index is 6.91. The Bertz CT molecular complexity index is 2250. The molecule has 0 saturated heterocycles. The van der Waals surface area contributed by atoms with Crippen molar-refractivity contribution < 1.29 is 18.9 Å². The van der Waals surface area contributed by atoms with Crippen molar-refractivity contribution in [2.75, 3.05) is 0 Å². The first kappa shape index (κ1) is 39.5. The SMILES string of the molecule is Cc1cc(C)c(O/C(=C2/N=C(Oc3ccc(C(C)(C)C)cc3)C=C2Oc2ccc(C(C)(C)C)cc2)c2cc(Cl)c(Oc3ccc(C(C)(C)C)cc3)[nH]2)c(C)c1. The van der Waals surface area contributed by atoms with Gasteiger partial charge in [-0.2, -0.15) is 0 Å². The Morgan fingerprint density at radius 1 is 0.582 bits per heavy atom. The highest BCUT2D eigenvalue weighted by molar-refractivity contribution is 6.32. The first-order chi connectivity index (χ1) is 25.7. The van der Waals surface area contributed by atoms with Gasteiger partial charge in [0.1, 0.15) is 28.0 Å². The molecule has 0 radical (unpaired) electrons. The van der Waals surface area contributed by atoms with Gasteiger partial charge in [0.05, 0.1) is 5.69 Å². The maximum Gasteiger partial charge on any atom is 0.223 e. The zero-order valence-electron chi connectivity index (χ0n) is 34.2. The Balaban J connectivity index is 1.46. The molecule has 55 heavy (non-hydrogen) atoms. The number of nitrogens with zero attached hydrogens (tertiary/aromatic N) is 1. The van der Waals surface area contributed by atoms with Gasteiger partial charge in [-0.05, 0) is 107 Å². The molecular weight excluding hydrogens is 704 g/mol. The van der Waals surface area contributed by atoms with Crippen molar-refractivity contribution in [3.8, 4) is 28.9 Å². The molecule has 6 nitrogen and oxygen atoms in total. The Kier molecular flexibility index (Phi) is 10.9. The third-order valence-electron chi connectivity index (χ3n) is 9.55. The minimum atomic E-state index is -0.00502.